The highest BCUT2D eigenvalue weighted by Gasteiger charge is 2.18. The number of hydrogen-bond donors (Lipinski definition) is 0. The van der Waals surface area contributed by atoms with Gasteiger partial charge in [-0.1, -0.05) is 12.1 Å². The van der Waals surface area contributed by atoms with Crippen molar-refractivity contribution in [2.45, 2.75) is 32.2 Å². The normalized spacial score (nSPS) is 20.1. The van der Waals surface area contributed by atoms with Crippen molar-refractivity contribution in [1.82, 2.24) is 19.9 Å². The zero-order valence-electron chi connectivity index (χ0n) is 8.98. The predicted molar refractivity (Wildman–Crippen MR) is 55.2 cm³/mol. The molecule has 1 aromatic heterocycles. The van der Waals surface area contributed by atoms with Crippen molar-refractivity contribution in [3.8, 4) is 0 Å². The van der Waals surface area contributed by atoms with Crippen molar-refractivity contribution >= 4 is 0 Å². The van der Waals surface area contributed by atoms with Gasteiger partial charge in [0.05, 0.1) is 11.7 Å². The number of aryl methyl sites for hydroxylation is 1. The standard InChI is InChI=1S/C10H18N4/c1-3-9-8-14(12-11-9)10-4-6-13(2)7-5-10/h8,10H,3-7H2,1-2H3. The van der Waals surface area contributed by atoms with Gasteiger partial charge in [-0.3, -0.25) is 0 Å². The van der Waals surface area contributed by atoms with Gasteiger partial charge < -0.3 is 4.90 Å². The largest absolute Gasteiger partial charge is 0.306 e. The highest BCUT2D eigenvalue weighted by Crippen LogP contribution is 2.20. The van der Waals surface area contributed by atoms with Gasteiger partial charge in [0.2, 0.25) is 0 Å². The zero-order chi connectivity index (χ0) is 9.97. The molecule has 4 heteroatoms. The van der Waals surface area contributed by atoms with Crippen molar-refractivity contribution < 1.29 is 0 Å². The topological polar surface area (TPSA) is 34.0 Å². The fourth-order valence-corrected chi connectivity index (χ4v) is 1.91. The maximum absolute atomic E-state index is 4.18. The molecule has 0 amide bonds. The summed E-state index contributed by atoms with van der Waals surface area (Å²) in [5.74, 6) is 0. The lowest BCUT2D eigenvalue weighted by atomic mass is 10.1. The van der Waals surface area contributed by atoms with E-state index in [0.717, 1.165) is 12.1 Å². The minimum absolute atomic E-state index is 0.569. The minimum Gasteiger partial charge on any atom is -0.306 e. The van der Waals surface area contributed by atoms with E-state index in [9.17, 15) is 0 Å². The molecule has 1 fully saturated rings. The second kappa shape index (κ2) is 4.09. The summed E-state index contributed by atoms with van der Waals surface area (Å²) in [5, 5.41) is 8.31. The Morgan fingerprint density at radius 2 is 2.14 bits per heavy atom. The molecule has 0 aliphatic carbocycles. The van der Waals surface area contributed by atoms with E-state index in [1.165, 1.54) is 25.9 Å². The lowest BCUT2D eigenvalue weighted by Gasteiger charge is -2.28. The van der Waals surface area contributed by atoms with Crippen molar-refractivity contribution in [3.05, 3.63) is 11.9 Å². The van der Waals surface area contributed by atoms with E-state index in [1.54, 1.807) is 0 Å². The summed E-state index contributed by atoms with van der Waals surface area (Å²) >= 11 is 0. The first-order chi connectivity index (χ1) is 6.79. The molecule has 0 aromatic carbocycles. The number of hydrogen-bond acceptors (Lipinski definition) is 3. The molecule has 0 bridgehead atoms. The molecule has 1 aliphatic rings. The van der Waals surface area contributed by atoms with Gasteiger partial charge in [0, 0.05) is 6.20 Å². The minimum atomic E-state index is 0.569. The summed E-state index contributed by atoms with van der Waals surface area (Å²) in [6.07, 6.45) is 5.47. The van der Waals surface area contributed by atoms with Crippen LogP contribution in [-0.4, -0.2) is 40.0 Å². The molecular formula is C10H18N4. The summed E-state index contributed by atoms with van der Waals surface area (Å²) < 4.78 is 2.05. The van der Waals surface area contributed by atoms with Crippen LogP contribution in [0.4, 0.5) is 0 Å². The average Bonchev–Trinajstić information content (AvgIpc) is 2.67. The summed E-state index contributed by atoms with van der Waals surface area (Å²) in [4.78, 5) is 2.37. The Morgan fingerprint density at radius 1 is 1.43 bits per heavy atom. The summed E-state index contributed by atoms with van der Waals surface area (Å²) in [7, 11) is 2.18. The number of likely N-dealkylation sites (tertiary alicyclic amines) is 1. The summed E-state index contributed by atoms with van der Waals surface area (Å²) in [6, 6.07) is 0.569. The van der Waals surface area contributed by atoms with E-state index in [0.29, 0.717) is 6.04 Å². The van der Waals surface area contributed by atoms with Gasteiger partial charge in [0.15, 0.2) is 0 Å². The van der Waals surface area contributed by atoms with Crippen molar-refractivity contribution in [1.29, 1.82) is 0 Å². The van der Waals surface area contributed by atoms with E-state index >= 15 is 0 Å². The Kier molecular flexibility index (Phi) is 2.82. The molecule has 1 aliphatic heterocycles. The third kappa shape index (κ3) is 1.95. The first-order valence-electron chi connectivity index (χ1n) is 5.39. The van der Waals surface area contributed by atoms with Crippen LogP contribution in [0.5, 0.6) is 0 Å². The van der Waals surface area contributed by atoms with Crippen LogP contribution >= 0.6 is 0 Å². The van der Waals surface area contributed by atoms with Crippen LogP contribution in [0.3, 0.4) is 0 Å². The molecule has 0 atom stereocenters. The van der Waals surface area contributed by atoms with Gasteiger partial charge in [-0.15, -0.1) is 5.10 Å². The van der Waals surface area contributed by atoms with Gasteiger partial charge in [0.25, 0.3) is 0 Å². The lowest BCUT2D eigenvalue weighted by molar-refractivity contribution is 0.210. The predicted octanol–water partition coefficient (Wildman–Crippen LogP) is 1.11. The van der Waals surface area contributed by atoms with Crippen LogP contribution in [0.15, 0.2) is 6.20 Å². The Balaban J connectivity index is 2.01. The van der Waals surface area contributed by atoms with Crippen LogP contribution in [0.1, 0.15) is 31.5 Å². The molecule has 14 heavy (non-hydrogen) atoms. The first kappa shape index (κ1) is 9.65. The zero-order valence-corrected chi connectivity index (χ0v) is 8.98. The van der Waals surface area contributed by atoms with Gasteiger partial charge >= 0.3 is 0 Å². The molecule has 0 unspecified atom stereocenters. The molecule has 78 valence electrons. The molecule has 4 nitrogen and oxygen atoms in total. The van der Waals surface area contributed by atoms with Gasteiger partial charge in [-0.25, -0.2) is 4.68 Å². The Labute approximate surface area is 84.9 Å². The van der Waals surface area contributed by atoms with E-state index in [4.69, 9.17) is 0 Å². The fourth-order valence-electron chi connectivity index (χ4n) is 1.91. The number of piperidine rings is 1. The van der Waals surface area contributed by atoms with Crippen molar-refractivity contribution in [2.75, 3.05) is 20.1 Å². The van der Waals surface area contributed by atoms with E-state index in [2.05, 4.69) is 35.4 Å². The number of nitrogens with zero attached hydrogens (tertiary/aromatic N) is 4. The Bertz CT molecular complexity index is 286. The van der Waals surface area contributed by atoms with E-state index in [1.807, 2.05) is 4.68 Å². The fraction of sp³-hybridized carbons (Fsp3) is 0.800. The maximum atomic E-state index is 4.18. The Morgan fingerprint density at radius 3 is 2.71 bits per heavy atom. The quantitative estimate of drug-likeness (QED) is 0.707. The van der Waals surface area contributed by atoms with Crippen LogP contribution in [0, 0.1) is 0 Å². The number of aromatic nitrogens is 3. The van der Waals surface area contributed by atoms with Gasteiger partial charge in [-0.05, 0) is 39.4 Å². The third-order valence-corrected chi connectivity index (χ3v) is 2.98. The Hall–Kier alpha value is -0.900. The van der Waals surface area contributed by atoms with Crippen LogP contribution in [-0.2, 0) is 6.42 Å². The second-order valence-electron chi connectivity index (χ2n) is 4.08. The second-order valence-corrected chi connectivity index (χ2v) is 4.08. The van der Waals surface area contributed by atoms with Crippen molar-refractivity contribution in [3.63, 3.8) is 0 Å². The smallest absolute Gasteiger partial charge is 0.0824 e. The highest BCUT2D eigenvalue weighted by atomic mass is 15.4. The molecule has 1 aromatic rings. The molecule has 0 N–H and O–H groups in total. The monoisotopic (exact) mass is 194 g/mol. The van der Waals surface area contributed by atoms with Gasteiger partial charge in [-0.2, -0.15) is 0 Å². The van der Waals surface area contributed by atoms with Crippen LogP contribution in [0.25, 0.3) is 0 Å². The molecule has 2 heterocycles. The molecule has 0 saturated carbocycles. The summed E-state index contributed by atoms with van der Waals surface area (Å²) in [6.45, 7) is 4.46. The van der Waals surface area contributed by atoms with Gasteiger partial charge in [0.1, 0.15) is 0 Å². The molecule has 0 radical (unpaired) electrons. The van der Waals surface area contributed by atoms with Crippen molar-refractivity contribution in [2.24, 2.45) is 0 Å². The summed E-state index contributed by atoms with van der Waals surface area (Å²) in [5.41, 5.74) is 1.10. The maximum Gasteiger partial charge on any atom is 0.0824 e. The SMILES string of the molecule is CCc1cn(C2CCN(C)CC2)nn1. The lowest BCUT2D eigenvalue weighted by Crippen LogP contribution is -2.31. The van der Waals surface area contributed by atoms with Crippen LogP contribution in [0.2, 0.25) is 0 Å². The van der Waals surface area contributed by atoms with E-state index < -0.39 is 0 Å². The molecule has 2 rings (SSSR count). The number of rotatable bonds is 2. The molecule has 1 saturated heterocycles. The van der Waals surface area contributed by atoms with E-state index in [-0.39, 0.29) is 0 Å². The third-order valence-electron chi connectivity index (χ3n) is 2.98. The first-order valence-corrected chi connectivity index (χ1v) is 5.39. The van der Waals surface area contributed by atoms with Crippen LogP contribution < -0.4 is 0 Å². The molecule has 0 spiro atoms. The molecular weight excluding hydrogens is 176 g/mol. The average molecular weight is 194 g/mol. The highest BCUT2D eigenvalue weighted by molar-refractivity contribution is 4.93.